The van der Waals surface area contributed by atoms with Gasteiger partial charge in [-0.1, -0.05) is 43.0 Å². The maximum Gasteiger partial charge on any atom is 0.413 e. The quantitative estimate of drug-likeness (QED) is 0.815. The van der Waals surface area contributed by atoms with Crippen molar-refractivity contribution in [3.63, 3.8) is 0 Å². The normalized spacial score (nSPS) is 11.2. The van der Waals surface area contributed by atoms with Crippen molar-refractivity contribution >= 4 is 17.7 Å². The van der Waals surface area contributed by atoms with E-state index in [1.165, 1.54) is 0 Å². The Morgan fingerprint density at radius 3 is 2.46 bits per heavy atom. The molecule has 2 aromatic carbocycles. The Bertz CT molecular complexity index is 741. The van der Waals surface area contributed by atoms with E-state index in [4.69, 9.17) is 4.74 Å². The number of ether oxygens (including phenoxy) is 1. The van der Waals surface area contributed by atoms with Crippen LogP contribution in [0.4, 0.5) is 10.5 Å². The van der Waals surface area contributed by atoms with Crippen molar-refractivity contribution in [3.8, 4) is 5.75 Å². The zero-order chi connectivity index (χ0) is 17.5. The van der Waals surface area contributed by atoms with Gasteiger partial charge in [0.15, 0.2) is 0 Å². The van der Waals surface area contributed by atoms with E-state index < -0.39 is 6.09 Å². The van der Waals surface area contributed by atoms with E-state index in [1.54, 1.807) is 31.2 Å². The minimum atomic E-state index is -0.560. The molecule has 5 heteroatoms. The van der Waals surface area contributed by atoms with Crippen molar-refractivity contribution in [3.05, 3.63) is 72.3 Å². The molecule has 0 aromatic heterocycles. The highest BCUT2D eigenvalue weighted by atomic mass is 16.6. The molecule has 2 amide bonds. The topological polar surface area (TPSA) is 67.4 Å². The van der Waals surface area contributed by atoms with Gasteiger partial charge in [0.2, 0.25) is 0 Å². The lowest BCUT2D eigenvalue weighted by atomic mass is 10.1. The lowest BCUT2D eigenvalue weighted by Gasteiger charge is -2.14. The predicted octanol–water partition coefficient (Wildman–Crippen LogP) is 4.05. The van der Waals surface area contributed by atoms with Crippen molar-refractivity contribution in [1.29, 1.82) is 0 Å². The molecule has 0 aliphatic heterocycles. The van der Waals surface area contributed by atoms with Crippen LogP contribution in [0.5, 0.6) is 5.75 Å². The SMILES string of the molecule is C=C(C)C(=O)Nc1cccc(OC(=O)NC(C)c2ccccc2)c1. The van der Waals surface area contributed by atoms with Crippen LogP contribution in [0.3, 0.4) is 0 Å². The number of carbonyl (C=O) groups excluding carboxylic acids is 2. The van der Waals surface area contributed by atoms with E-state index in [-0.39, 0.29) is 11.9 Å². The highest BCUT2D eigenvalue weighted by Gasteiger charge is 2.11. The molecule has 0 heterocycles. The minimum Gasteiger partial charge on any atom is -0.410 e. The van der Waals surface area contributed by atoms with Gasteiger partial charge in [-0.2, -0.15) is 0 Å². The third-order valence-electron chi connectivity index (χ3n) is 3.32. The van der Waals surface area contributed by atoms with E-state index >= 15 is 0 Å². The van der Waals surface area contributed by atoms with Crippen molar-refractivity contribution in [2.75, 3.05) is 5.32 Å². The number of nitrogens with one attached hydrogen (secondary N) is 2. The number of carbonyl (C=O) groups is 2. The number of hydrogen-bond acceptors (Lipinski definition) is 3. The summed E-state index contributed by atoms with van der Waals surface area (Å²) in [6.45, 7) is 7.07. The van der Waals surface area contributed by atoms with Crippen LogP contribution < -0.4 is 15.4 Å². The third kappa shape index (κ3) is 4.98. The summed E-state index contributed by atoms with van der Waals surface area (Å²) >= 11 is 0. The lowest BCUT2D eigenvalue weighted by Crippen LogP contribution is -2.29. The second-order valence-corrected chi connectivity index (χ2v) is 5.43. The Labute approximate surface area is 141 Å². The zero-order valence-corrected chi connectivity index (χ0v) is 13.7. The van der Waals surface area contributed by atoms with Gasteiger partial charge in [-0.3, -0.25) is 4.79 Å². The molecular formula is C19H20N2O3. The monoisotopic (exact) mass is 324 g/mol. The van der Waals surface area contributed by atoms with Gasteiger partial charge < -0.3 is 15.4 Å². The highest BCUT2D eigenvalue weighted by Crippen LogP contribution is 2.19. The molecule has 24 heavy (non-hydrogen) atoms. The van der Waals surface area contributed by atoms with Gasteiger partial charge >= 0.3 is 6.09 Å². The first kappa shape index (κ1) is 17.3. The van der Waals surface area contributed by atoms with Crippen molar-refractivity contribution in [1.82, 2.24) is 5.32 Å². The average Bonchev–Trinajstić information content (AvgIpc) is 2.55. The maximum atomic E-state index is 12.0. The van der Waals surface area contributed by atoms with E-state index in [0.717, 1.165) is 5.56 Å². The highest BCUT2D eigenvalue weighted by molar-refractivity contribution is 6.02. The largest absolute Gasteiger partial charge is 0.413 e. The number of hydrogen-bond donors (Lipinski definition) is 2. The molecule has 0 saturated heterocycles. The summed E-state index contributed by atoms with van der Waals surface area (Å²) in [5, 5.41) is 5.43. The lowest BCUT2D eigenvalue weighted by molar-refractivity contribution is -0.112. The summed E-state index contributed by atoms with van der Waals surface area (Å²) < 4.78 is 5.27. The van der Waals surface area contributed by atoms with Gasteiger partial charge in [0.25, 0.3) is 5.91 Å². The first-order chi connectivity index (χ1) is 11.5. The standard InChI is InChI=1S/C19H20N2O3/c1-13(2)18(22)21-16-10-7-11-17(12-16)24-19(23)20-14(3)15-8-5-4-6-9-15/h4-12,14H,1H2,2-3H3,(H,20,23)(H,21,22). The second-order valence-electron chi connectivity index (χ2n) is 5.43. The zero-order valence-electron chi connectivity index (χ0n) is 13.7. The van der Waals surface area contributed by atoms with Crippen LogP contribution in [0, 0.1) is 0 Å². The summed E-state index contributed by atoms with van der Waals surface area (Å²) in [4.78, 5) is 23.6. The van der Waals surface area contributed by atoms with Crippen LogP contribution in [0.1, 0.15) is 25.5 Å². The molecule has 5 nitrogen and oxygen atoms in total. The fraction of sp³-hybridized carbons (Fsp3) is 0.158. The summed E-state index contributed by atoms with van der Waals surface area (Å²) in [5.74, 6) is 0.0570. The molecule has 1 unspecified atom stereocenters. The summed E-state index contributed by atoms with van der Waals surface area (Å²) in [7, 11) is 0. The van der Waals surface area contributed by atoms with Crippen molar-refractivity contribution < 1.29 is 14.3 Å². The fourth-order valence-electron chi connectivity index (χ4n) is 2.01. The summed E-state index contributed by atoms with van der Waals surface area (Å²) in [5.41, 5.74) is 1.91. The van der Waals surface area contributed by atoms with Crippen LogP contribution in [-0.4, -0.2) is 12.0 Å². The number of rotatable bonds is 5. The van der Waals surface area contributed by atoms with E-state index in [9.17, 15) is 9.59 Å². The number of benzene rings is 2. The van der Waals surface area contributed by atoms with E-state index in [1.807, 2.05) is 37.3 Å². The molecule has 2 N–H and O–H groups in total. The molecule has 0 aliphatic carbocycles. The van der Waals surface area contributed by atoms with Crippen LogP contribution in [0.15, 0.2) is 66.7 Å². The molecule has 124 valence electrons. The smallest absolute Gasteiger partial charge is 0.410 e. The van der Waals surface area contributed by atoms with E-state index in [0.29, 0.717) is 17.0 Å². The van der Waals surface area contributed by atoms with Crippen molar-refractivity contribution in [2.24, 2.45) is 0 Å². The molecule has 0 aliphatic rings. The molecule has 0 fully saturated rings. The molecule has 0 spiro atoms. The Morgan fingerprint density at radius 1 is 1.08 bits per heavy atom. The molecule has 2 aromatic rings. The number of anilines is 1. The van der Waals surface area contributed by atoms with Crippen LogP contribution in [-0.2, 0) is 4.79 Å². The van der Waals surface area contributed by atoms with Gasteiger partial charge in [-0.25, -0.2) is 4.79 Å². The van der Waals surface area contributed by atoms with Crippen LogP contribution in [0.2, 0.25) is 0 Å². The Morgan fingerprint density at radius 2 is 1.79 bits per heavy atom. The minimum absolute atomic E-state index is 0.176. The Hall–Kier alpha value is -3.08. The predicted molar refractivity (Wildman–Crippen MR) is 93.9 cm³/mol. The fourth-order valence-corrected chi connectivity index (χ4v) is 2.01. The molecule has 2 rings (SSSR count). The van der Waals surface area contributed by atoms with Gasteiger partial charge in [-0.15, -0.1) is 0 Å². The van der Waals surface area contributed by atoms with Gasteiger partial charge in [-0.05, 0) is 31.5 Å². The second kappa shape index (κ2) is 7.97. The van der Waals surface area contributed by atoms with Crippen LogP contribution >= 0.6 is 0 Å². The molecule has 0 radical (unpaired) electrons. The summed E-state index contributed by atoms with van der Waals surface area (Å²) in [6, 6.07) is 16.0. The molecule has 0 bridgehead atoms. The van der Waals surface area contributed by atoms with Gasteiger partial charge in [0.1, 0.15) is 5.75 Å². The van der Waals surface area contributed by atoms with Crippen LogP contribution in [0.25, 0.3) is 0 Å². The van der Waals surface area contributed by atoms with Crippen molar-refractivity contribution in [2.45, 2.75) is 19.9 Å². The van der Waals surface area contributed by atoms with Gasteiger partial charge in [0.05, 0.1) is 6.04 Å². The molecular weight excluding hydrogens is 304 g/mol. The van der Waals surface area contributed by atoms with Gasteiger partial charge in [0, 0.05) is 17.3 Å². The number of amides is 2. The Balaban J connectivity index is 1.96. The summed E-state index contributed by atoms with van der Waals surface area (Å²) in [6.07, 6.45) is -0.560. The molecule has 0 saturated carbocycles. The Kier molecular flexibility index (Phi) is 5.73. The molecule has 1 atom stereocenters. The third-order valence-corrected chi connectivity index (χ3v) is 3.32. The maximum absolute atomic E-state index is 12.0. The van der Waals surface area contributed by atoms with E-state index in [2.05, 4.69) is 17.2 Å². The first-order valence-electron chi connectivity index (χ1n) is 7.56. The first-order valence-corrected chi connectivity index (χ1v) is 7.56. The average molecular weight is 324 g/mol.